The van der Waals surface area contributed by atoms with Gasteiger partial charge in [0, 0.05) is 35.5 Å². The van der Waals surface area contributed by atoms with Crippen molar-refractivity contribution in [3.05, 3.63) is 96.0 Å². The molecular formula is C22H16N2. The minimum Gasteiger partial charge on any atom is -0.361 e. The number of benzene rings is 2. The summed E-state index contributed by atoms with van der Waals surface area (Å²) < 4.78 is 0. The highest BCUT2D eigenvalue weighted by atomic mass is 14.7. The Morgan fingerprint density at radius 1 is 0.833 bits per heavy atom. The van der Waals surface area contributed by atoms with Crippen LogP contribution in [0.2, 0.25) is 0 Å². The average Bonchev–Trinajstić information content (AvgIpc) is 3.27. The Bertz CT molecular complexity index is 1070. The zero-order chi connectivity index (χ0) is 15.9. The molecule has 4 aromatic rings. The van der Waals surface area contributed by atoms with Crippen LogP contribution in [0.4, 0.5) is 0 Å². The fourth-order valence-electron chi connectivity index (χ4n) is 3.48. The van der Waals surface area contributed by atoms with Gasteiger partial charge in [0.2, 0.25) is 0 Å². The van der Waals surface area contributed by atoms with Crippen LogP contribution in [0.1, 0.15) is 16.8 Å². The first-order chi connectivity index (χ1) is 11.9. The van der Waals surface area contributed by atoms with Crippen LogP contribution in [0, 0.1) is 0 Å². The van der Waals surface area contributed by atoms with E-state index >= 15 is 0 Å². The minimum atomic E-state index is 0.908. The zero-order valence-electron chi connectivity index (χ0n) is 13.2. The molecule has 24 heavy (non-hydrogen) atoms. The molecule has 0 fully saturated rings. The van der Waals surface area contributed by atoms with E-state index in [0.29, 0.717) is 0 Å². The number of pyridine rings is 1. The third kappa shape index (κ3) is 2.08. The van der Waals surface area contributed by atoms with Gasteiger partial charge < -0.3 is 4.98 Å². The SMILES string of the molecule is C1=C(c2ccc3[nH]ccc3c2)c2cc(-c3ccccc3)cnc2C1. The van der Waals surface area contributed by atoms with Crippen LogP contribution < -0.4 is 0 Å². The first-order valence-electron chi connectivity index (χ1n) is 8.21. The molecule has 0 saturated heterocycles. The lowest BCUT2D eigenvalue weighted by molar-refractivity contribution is 1.13. The Labute approximate surface area is 140 Å². The topological polar surface area (TPSA) is 28.7 Å². The van der Waals surface area contributed by atoms with Crippen LogP contribution in [0.15, 0.2) is 79.1 Å². The quantitative estimate of drug-likeness (QED) is 0.540. The van der Waals surface area contributed by atoms with E-state index in [1.54, 1.807) is 0 Å². The van der Waals surface area contributed by atoms with Gasteiger partial charge in [-0.15, -0.1) is 0 Å². The Kier molecular flexibility index (Phi) is 2.89. The molecule has 0 aliphatic heterocycles. The smallest absolute Gasteiger partial charge is 0.0520 e. The summed E-state index contributed by atoms with van der Waals surface area (Å²) in [6, 6.07) is 21.4. The van der Waals surface area contributed by atoms with Gasteiger partial charge in [0.25, 0.3) is 0 Å². The lowest BCUT2D eigenvalue weighted by Crippen LogP contribution is -1.92. The second kappa shape index (κ2) is 5.20. The van der Waals surface area contributed by atoms with Crippen LogP contribution in [-0.2, 0) is 6.42 Å². The summed E-state index contributed by atoms with van der Waals surface area (Å²) in [6.45, 7) is 0. The summed E-state index contributed by atoms with van der Waals surface area (Å²) in [5, 5.41) is 1.24. The number of aromatic amines is 1. The molecule has 2 nitrogen and oxygen atoms in total. The Hall–Kier alpha value is -3.13. The molecule has 2 heteroatoms. The van der Waals surface area contributed by atoms with Gasteiger partial charge in [-0.2, -0.15) is 0 Å². The van der Waals surface area contributed by atoms with Crippen molar-refractivity contribution in [2.45, 2.75) is 6.42 Å². The molecule has 0 unspecified atom stereocenters. The maximum atomic E-state index is 4.71. The number of aromatic nitrogens is 2. The summed E-state index contributed by atoms with van der Waals surface area (Å²) in [6.07, 6.45) is 7.17. The van der Waals surface area contributed by atoms with Gasteiger partial charge in [0.15, 0.2) is 0 Å². The Morgan fingerprint density at radius 2 is 1.75 bits per heavy atom. The number of H-pyrrole nitrogens is 1. The highest BCUT2D eigenvalue weighted by Crippen LogP contribution is 2.35. The third-order valence-corrected chi connectivity index (χ3v) is 4.73. The van der Waals surface area contributed by atoms with E-state index in [9.17, 15) is 0 Å². The van der Waals surface area contributed by atoms with Crippen molar-refractivity contribution < 1.29 is 0 Å². The normalized spacial score (nSPS) is 13.1. The van der Waals surface area contributed by atoms with E-state index in [1.807, 2.05) is 18.5 Å². The number of nitrogens with one attached hydrogen (secondary N) is 1. The van der Waals surface area contributed by atoms with Crippen LogP contribution in [-0.4, -0.2) is 9.97 Å². The maximum absolute atomic E-state index is 4.71. The third-order valence-electron chi connectivity index (χ3n) is 4.73. The van der Waals surface area contributed by atoms with Gasteiger partial charge in [0.05, 0.1) is 5.69 Å². The molecule has 2 heterocycles. The van der Waals surface area contributed by atoms with Gasteiger partial charge in [-0.3, -0.25) is 4.98 Å². The molecule has 114 valence electrons. The van der Waals surface area contributed by atoms with Crippen molar-refractivity contribution in [2.75, 3.05) is 0 Å². The number of rotatable bonds is 2. The monoisotopic (exact) mass is 308 g/mol. The van der Waals surface area contributed by atoms with E-state index in [4.69, 9.17) is 4.98 Å². The largest absolute Gasteiger partial charge is 0.361 e. The van der Waals surface area contributed by atoms with E-state index in [1.165, 1.54) is 44.4 Å². The fourth-order valence-corrected chi connectivity index (χ4v) is 3.48. The lowest BCUT2D eigenvalue weighted by Gasteiger charge is -2.09. The van der Waals surface area contributed by atoms with E-state index in [2.05, 4.69) is 65.7 Å². The van der Waals surface area contributed by atoms with Crippen molar-refractivity contribution in [3.8, 4) is 11.1 Å². The van der Waals surface area contributed by atoms with Crippen molar-refractivity contribution in [1.29, 1.82) is 0 Å². The van der Waals surface area contributed by atoms with Gasteiger partial charge in [-0.25, -0.2) is 0 Å². The molecule has 2 aromatic heterocycles. The predicted molar refractivity (Wildman–Crippen MR) is 98.8 cm³/mol. The highest BCUT2D eigenvalue weighted by Gasteiger charge is 2.18. The molecule has 1 N–H and O–H groups in total. The van der Waals surface area contributed by atoms with Gasteiger partial charge in [0.1, 0.15) is 0 Å². The predicted octanol–water partition coefficient (Wildman–Crippen LogP) is 5.22. The molecule has 5 rings (SSSR count). The number of fused-ring (bicyclic) bond motifs is 2. The maximum Gasteiger partial charge on any atom is 0.0520 e. The second-order valence-electron chi connectivity index (χ2n) is 6.19. The Balaban J connectivity index is 1.62. The molecular weight excluding hydrogens is 292 g/mol. The van der Waals surface area contributed by atoms with Crippen LogP contribution in [0.25, 0.3) is 27.6 Å². The van der Waals surface area contributed by atoms with Gasteiger partial charge in [-0.1, -0.05) is 42.5 Å². The van der Waals surface area contributed by atoms with Gasteiger partial charge in [-0.05, 0) is 46.4 Å². The Morgan fingerprint density at radius 3 is 2.67 bits per heavy atom. The molecule has 0 radical (unpaired) electrons. The number of allylic oxidation sites excluding steroid dienone is 1. The molecule has 0 saturated carbocycles. The summed E-state index contributed by atoms with van der Waals surface area (Å²) in [4.78, 5) is 7.96. The van der Waals surface area contributed by atoms with Gasteiger partial charge >= 0.3 is 0 Å². The molecule has 0 spiro atoms. The number of nitrogens with zero attached hydrogens (tertiary/aromatic N) is 1. The second-order valence-corrected chi connectivity index (χ2v) is 6.19. The standard InChI is InChI=1S/C22H16N2/c1-2-4-15(5-3-1)18-13-20-19(7-9-22(20)24-14-18)16-6-8-21-17(12-16)10-11-23-21/h1-8,10-14,23H,9H2. The minimum absolute atomic E-state index is 0.908. The summed E-state index contributed by atoms with van der Waals surface area (Å²) in [5.41, 5.74) is 8.52. The number of hydrogen-bond donors (Lipinski definition) is 1. The summed E-state index contributed by atoms with van der Waals surface area (Å²) >= 11 is 0. The highest BCUT2D eigenvalue weighted by molar-refractivity contribution is 5.90. The average molecular weight is 308 g/mol. The van der Waals surface area contributed by atoms with Crippen LogP contribution in [0.5, 0.6) is 0 Å². The first-order valence-corrected chi connectivity index (χ1v) is 8.21. The van der Waals surface area contributed by atoms with Crippen molar-refractivity contribution >= 4 is 16.5 Å². The molecule has 2 aromatic carbocycles. The van der Waals surface area contributed by atoms with E-state index < -0.39 is 0 Å². The van der Waals surface area contributed by atoms with E-state index in [0.717, 1.165) is 6.42 Å². The molecule has 0 amide bonds. The fraction of sp³-hybridized carbons (Fsp3) is 0.0455. The van der Waals surface area contributed by atoms with Crippen molar-refractivity contribution in [2.24, 2.45) is 0 Å². The lowest BCUT2D eigenvalue weighted by atomic mass is 9.97. The van der Waals surface area contributed by atoms with E-state index in [-0.39, 0.29) is 0 Å². The molecule has 0 bridgehead atoms. The zero-order valence-corrected chi connectivity index (χ0v) is 13.2. The first kappa shape index (κ1) is 13.3. The number of hydrogen-bond acceptors (Lipinski definition) is 1. The van der Waals surface area contributed by atoms with Crippen LogP contribution >= 0.6 is 0 Å². The molecule has 1 aliphatic rings. The van der Waals surface area contributed by atoms with Crippen molar-refractivity contribution in [3.63, 3.8) is 0 Å². The summed E-state index contributed by atoms with van der Waals surface area (Å²) in [7, 11) is 0. The van der Waals surface area contributed by atoms with Crippen LogP contribution in [0.3, 0.4) is 0 Å². The molecule has 0 atom stereocenters. The summed E-state index contributed by atoms with van der Waals surface area (Å²) in [5.74, 6) is 0. The molecule has 1 aliphatic carbocycles. The van der Waals surface area contributed by atoms with Crippen molar-refractivity contribution in [1.82, 2.24) is 9.97 Å².